The number of hydrogen-bond acceptors (Lipinski definition) is 8. The standard InChI is InChI=1S/C22H26N4O4S.2C2HF3O2/c27-21(18-3-1-9-23-13-18)25-11-7-22(8-12-25)15-26(14-17-5-6-17)31(28,29)19-4-2-10-24-20(19)30-16-22;2*3-2(4,5)1(6)7/h1-4,9-10,13,17H,5-8,11-12,14-16H2;2*(H,6,7). The lowest BCUT2D eigenvalue weighted by molar-refractivity contribution is -0.193. The van der Waals surface area contributed by atoms with Crippen molar-refractivity contribution in [1.29, 1.82) is 0 Å². The van der Waals surface area contributed by atoms with Gasteiger partial charge >= 0.3 is 24.3 Å². The van der Waals surface area contributed by atoms with E-state index in [-0.39, 0.29) is 22.1 Å². The largest absolute Gasteiger partial charge is 0.490 e. The normalized spacial score (nSPS) is 19.2. The van der Waals surface area contributed by atoms with E-state index in [1.807, 2.05) is 4.90 Å². The van der Waals surface area contributed by atoms with Crippen LogP contribution >= 0.6 is 0 Å². The summed E-state index contributed by atoms with van der Waals surface area (Å²) in [6.07, 6.45) is -1.88. The van der Waals surface area contributed by atoms with Crippen molar-refractivity contribution in [3.8, 4) is 5.88 Å². The number of carbonyl (C=O) groups excluding carboxylic acids is 1. The van der Waals surface area contributed by atoms with Crippen LogP contribution in [0.1, 0.15) is 36.0 Å². The van der Waals surface area contributed by atoms with Crippen LogP contribution in [0.4, 0.5) is 26.3 Å². The quantitative estimate of drug-likeness (QED) is 0.462. The first kappa shape index (κ1) is 35.5. The summed E-state index contributed by atoms with van der Waals surface area (Å²) >= 11 is 0. The number of halogens is 6. The second-order valence-electron chi connectivity index (χ2n) is 10.5. The van der Waals surface area contributed by atoms with Crippen molar-refractivity contribution in [2.45, 2.75) is 42.9 Å². The third kappa shape index (κ3) is 9.74. The van der Waals surface area contributed by atoms with Gasteiger partial charge in [-0.3, -0.25) is 9.78 Å². The second-order valence-corrected chi connectivity index (χ2v) is 12.4. The lowest BCUT2D eigenvalue weighted by atomic mass is 9.78. The summed E-state index contributed by atoms with van der Waals surface area (Å²) in [6.45, 7) is 2.46. The molecular formula is C26H28F6N4O8S. The number of ether oxygens (including phenoxy) is 1. The molecule has 2 aromatic heterocycles. The van der Waals surface area contributed by atoms with Gasteiger partial charge in [0.15, 0.2) is 0 Å². The average Bonchev–Trinajstić information content (AvgIpc) is 3.80. The molecule has 1 saturated heterocycles. The van der Waals surface area contributed by atoms with Crippen molar-refractivity contribution < 1.29 is 64.1 Å². The molecule has 0 bridgehead atoms. The van der Waals surface area contributed by atoms with E-state index in [0.717, 1.165) is 12.8 Å². The molecule has 0 radical (unpaired) electrons. The van der Waals surface area contributed by atoms with Gasteiger partial charge in [-0.1, -0.05) is 0 Å². The molecule has 0 atom stereocenters. The number of fused-ring (bicyclic) bond motifs is 1. The smallest absolute Gasteiger partial charge is 0.476 e. The van der Waals surface area contributed by atoms with Crippen LogP contribution in [0.2, 0.25) is 0 Å². The maximum absolute atomic E-state index is 13.5. The molecule has 1 aliphatic carbocycles. The summed E-state index contributed by atoms with van der Waals surface area (Å²) < 4.78 is 98.0. The van der Waals surface area contributed by atoms with Crippen molar-refractivity contribution in [1.82, 2.24) is 19.2 Å². The average molecular weight is 671 g/mol. The highest BCUT2D eigenvalue weighted by atomic mass is 32.2. The zero-order valence-electron chi connectivity index (χ0n) is 23.3. The Labute approximate surface area is 252 Å². The van der Waals surface area contributed by atoms with Gasteiger partial charge in [-0.05, 0) is 55.9 Å². The summed E-state index contributed by atoms with van der Waals surface area (Å²) in [7, 11) is -3.69. The van der Waals surface area contributed by atoms with Crippen LogP contribution in [0.15, 0.2) is 47.8 Å². The first-order chi connectivity index (χ1) is 20.9. The number of alkyl halides is 6. The highest BCUT2D eigenvalue weighted by molar-refractivity contribution is 7.89. The van der Waals surface area contributed by atoms with Crippen LogP contribution in [-0.2, 0) is 19.6 Å². The zero-order chi connectivity index (χ0) is 33.6. The van der Waals surface area contributed by atoms with Crippen LogP contribution < -0.4 is 4.74 Å². The molecule has 4 heterocycles. The molecule has 2 fully saturated rings. The van der Waals surface area contributed by atoms with Crippen molar-refractivity contribution in [3.63, 3.8) is 0 Å². The molecule has 2 aromatic rings. The van der Waals surface area contributed by atoms with Gasteiger partial charge in [0.05, 0.1) is 12.2 Å². The van der Waals surface area contributed by atoms with Crippen LogP contribution in [0, 0.1) is 11.3 Å². The summed E-state index contributed by atoms with van der Waals surface area (Å²) in [5.74, 6) is -4.94. The van der Waals surface area contributed by atoms with Gasteiger partial charge in [0, 0.05) is 50.2 Å². The van der Waals surface area contributed by atoms with Gasteiger partial charge < -0.3 is 19.8 Å². The van der Waals surface area contributed by atoms with Crippen LogP contribution in [0.5, 0.6) is 5.88 Å². The number of piperidine rings is 1. The SMILES string of the molecule is O=C(O)C(F)(F)F.O=C(O)C(F)(F)F.O=C(c1cccnc1)N1CCC2(CC1)COc1ncccc1S(=O)(=O)N(CC1CC1)C2. The summed E-state index contributed by atoms with van der Waals surface area (Å²) in [5, 5.41) is 14.2. The minimum absolute atomic E-state index is 0.0378. The number of carboxylic acid groups (broad SMARTS) is 2. The Balaban J connectivity index is 0.000000331. The van der Waals surface area contributed by atoms with E-state index in [4.69, 9.17) is 24.5 Å². The lowest BCUT2D eigenvalue weighted by Crippen LogP contribution is -2.52. The Kier molecular flexibility index (Phi) is 11.0. The van der Waals surface area contributed by atoms with Crippen molar-refractivity contribution in [2.75, 3.05) is 32.8 Å². The fourth-order valence-corrected chi connectivity index (χ4v) is 6.17. The van der Waals surface area contributed by atoms with Crippen molar-refractivity contribution >= 4 is 27.9 Å². The number of carboxylic acids is 2. The predicted octanol–water partition coefficient (Wildman–Crippen LogP) is 3.46. The molecule has 2 aliphatic heterocycles. The molecule has 12 nitrogen and oxygen atoms in total. The van der Waals surface area contributed by atoms with Gasteiger partial charge in [0.2, 0.25) is 15.9 Å². The molecule has 0 unspecified atom stereocenters. The number of nitrogens with zero attached hydrogens (tertiary/aromatic N) is 4. The molecule has 248 valence electrons. The highest BCUT2D eigenvalue weighted by Crippen LogP contribution is 2.41. The van der Waals surface area contributed by atoms with E-state index in [9.17, 15) is 39.6 Å². The molecule has 1 amide bonds. The van der Waals surface area contributed by atoms with Crippen LogP contribution in [-0.4, -0.2) is 101 Å². The molecule has 0 aromatic carbocycles. The fraction of sp³-hybridized carbons (Fsp3) is 0.500. The number of aromatic nitrogens is 2. The third-order valence-corrected chi connectivity index (χ3v) is 8.87. The molecule has 1 spiro atoms. The lowest BCUT2D eigenvalue weighted by Gasteiger charge is -2.44. The van der Waals surface area contributed by atoms with E-state index in [1.165, 1.54) is 0 Å². The summed E-state index contributed by atoms with van der Waals surface area (Å²) in [5.41, 5.74) is 0.228. The highest BCUT2D eigenvalue weighted by Gasteiger charge is 2.45. The van der Waals surface area contributed by atoms with Gasteiger partial charge in [-0.15, -0.1) is 0 Å². The van der Waals surface area contributed by atoms with E-state index >= 15 is 0 Å². The molecular weight excluding hydrogens is 642 g/mol. The number of pyridine rings is 2. The van der Waals surface area contributed by atoms with Crippen molar-refractivity contribution in [3.05, 3.63) is 48.4 Å². The van der Waals surface area contributed by atoms with E-state index in [2.05, 4.69) is 9.97 Å². The number of amides is 1. The van der Waals surface area contributed by atoms with E-state index in [1.54, 1.807) is 47.2 Å². The van der Waals surface area contributed by atoms with E-state index in [0.29, 0.717) is 57.1 Å². The topological polar surface area (TPSA) is 167 Å². The number of hydrogen-bond donors (Lipinski definition) is 2. The second kappa shape index (κ2) is 14.0. The molecule has 1 saturated carbocycles. The first-order valence-electron chi connectivity index (χ1n) is 13.2. The Morgan fingerprint density at radius 3 is 2.00 bits per heavy atom. The number of rotatable bonds is 3. The molecule has 2 N–H and O–H groups in total. The summed E-state index contributed by atoms with van der Waals surface area (Å²) in [4.78, 5) is 40.8. The molecule has 45 heavy (non-hydrogen) atoms. The maximum Gasteiger partial charge on any atom is 0.490 e. The Bertz CT molecular complexity index is 1440. The minimum atomic E-state index is -5.08. The Hall–Kier alpha value is -4.00. The fourth-order valence-electron chi connectivity index (χ4n) is 4.46. The monoisotopic (exact) mass is 670 g/mol. The predicted molar refractivity (Wildman–Crippen MR) is 140 cm³/mol. The Morgan fingerprint density at radius 2 is 1.51 bits per heavy atom. The van der Waals surface area contributed by atoms with E-state index < -0.39 is 34.3 Å². The van der Waals surface area contributed by atoms with Crippen LogP contribution in [0.25, 0.3) is 0 Å². The maximum atomic E-state index is 13.5. The molecule has 19 heteroatoms. The van der Waals surface area contributed by atoms with Gasteiger partial charge in [0.25, 0.3) is 5.91 Å². The minimum Gasteiger partial charge on any atom is -0.476 e. The Morgan fingerprint density at radius 1 is 0.956 bits per heavy atom. The third-order valence-electron chi connectivity index (χ3n) is 7.04. The molecule has 5 rings (SSSR count). The number of aliphatic carboxylic acids is 2. The number of likely N-dealkylation sites (tertiary alicyclic amines) is 1. The van der Waals surface area contributed by atoms with Gasteiger partial charge in [-0.2, -0.15) is 30.6 Å². The number of carbonyl (C=O) groups is 3. The summed E-state index contributed by atoms with van der Waals surface area (Å²) in [6, 6.07) is 6.73. The zero-order valence-corrected chi connectivity index (χ0v) is 24.1. The van der Waals surface area contributed by atoms with Gasteiger partial charge in [-0.25, -0.2) is 23.0 Å². The van der Waals surface area contributed by atoms with Gasteiger partial charge in [0.1, 0.15) is 4.90 Å². The van der Waals surface area contributed by atoms with Crippen molar-refractivity contribution in [2.24, 2.45) is 11.3 Å². The molecule has 3 aliphatic rings. The van der Waals surface area contributed by atoms with Crippen LogP contribution in [0.3, 0.4) is 0 Å². The number of sulfonamides is 1. The first-order valence-corrected chi connectivity index (χ1v) is 14.7.